The number of carbonyl (C=O) groups excluding carboxylic acids is 3. The third kappa shape index (κ3) is 3.16. The normalized spacial score (nSPS) is 14.0. The number of amides is 3. The summed E-state index contributed by atoms with van der Waals surface area (Å²) in [6.07, 6.45) is 0. The highest BCUT2D eigenvalue weighted by atomic mass is 16.2. The Morgan fingerprint density at radius 2 is 1.52 bits per heavy atom. The van der Waals surface area contributed by atoms with Gasteiger partial charge in [0.05, 0.1) is 22.2 Å². The molecule has 0 aliphatic carbocycles. The Balaban J connectivity index is 1.31. The first-order valence-corrected chi connectivity index (χ1v) is 9.86. The fraction of sp³-hybridized carbons (Fsp3) is 0.0833. The predicted octanol–water partition coefficient (Wildman–Crippen LogP) is 3.85. The van der Waals surface area contributed by atoms with Gasteiger partial charge in [0, 0.05) is 11.3 Å². The Bertz CT molecular complexity index is 1270. The number of rotatable bonds is 4. The van der Waals surface area contributed by atoms with E-state index < -0.39 is 23.8 Å². The summed E-state index contributed by atoms with van der Waals surface area (Å²) in [6, 6.07) is 20.6. The van der Waals surface area contributed by atoms with Crippen LogP contribution >= 0.6 is 0 Å². The van der Waals surface area contributed by atoms with Crippen molar-refractivity contribution in [2.75, 3.05) is 5.32 Å². The summed E-state index contributed by atoms with van der Waals surface area (Å²) < 4.78 is 0. The van der Waals surface area contributed by atoms with Crippen molar-refractivity contribution in [2.45, 2.75) is 13.0 Å². The van der Waals surface area contributed by atoms with Crippen LogP contribution in [0.5, 0.6) is 0 Å². The second-order valence-electron chi connectivity index (χ2n) is 7.37. The molecule has 0 radical (unpaired) electrons. The topological polar surface area (TPSA) is 95.2 Å². The maximum absolute atomic E-state index is 12.7. The minimum Gasteiger partial charge on any atom is -0.338 e. The summed E-state index contributed by atoms with van der Waals surface area (Å²) >= 11 is 0. The van der Waals surface area contributed by atoms with Gasteiger partial charge in [-0.05, 0) is 55.5 Å². The van der Waals surface area contributed by atoms with Crippen LogP contribution < -0.4 is 5.32 Å². The van der Waals surface area contributed by atoms with Crippen LogP contribution in [0.3, 0.4) is 0 Å². The minimum absolute atomic E-state index is 0.322. The van der Waals surface area contributed by atoms with Crippen LogP contribution in [0.2, 0.25) is 0 Å². The second-order valence-corrected chi connectivity index (χ2v) is 7.37. The lowest BCUT2D eigenvalue weighted by molar-refractivity contribution is -0.119. The number of para-hydroxylation sites is 2. The van der Waals surface area contributed by atoms with Crippen molar-refractivity contribution in [2.24, 2.45) is 0 Å². The highest BCUT2D eigenvalue weighted by Gasteiger charge is 2.40. The van der Waals surface area contributed by atoms with Crippen molar-refractivity contribution in [3.8, 4) is 11.4 Å². The number of hydrogen-bond acceptors (Lipinski definition) is 4. The average Bonchev–Trinajstić information content (AvgIpc) is 3.33. The van der Waals surface area contributed by atoms with Crippen molar-refractivity contribution in [1.29, 1.82) is 0 Å². The molecule has 152 valence electrons. The van der Waals surface area contributed by atoms with Crippen LogP contribution in [-0.4, -0.2) is 38.6 Å². The van der Waals surface area contributed by atoms with E-state index in [-0.39, 0.29) is 0 Å². The largest absolute Gasteiger partial charge is 0.338 e. The molecule has 31 heavy (non-hydrogen) atoms. The maximum Gasteiger partial charge on any atom is 0.262 e. The van der Waals surface area contributed by atoms with Gasteiger partial charge in [-0.3, -0.25) is 19.3 Å². The van der Waals surface area contributed by atoms with E-state index in [1.165, 1.54) is 0 Å². The van der Waals surface area contributed by atoms with Crippen LogP contribution in [-0.2, 0) is 4.79 Å². The number of H-pyrrole nitrogens is 1. The van der Waals surface area contributed by atoms with E-state index in [1.807, 2.05) is 36.4 Å². The van der Waals surface area contributed by atoms with E-state index in [2.05, 4.69) is 15.3 Å². The minimum atomic E-state index is -0.942. The summed E-state index contributed by atoms with van der Waals surface area (Å²) in [6.45, 7) is 1.54. The molecule has 0 saturated carbocycles. The SMILES string of the molecule is CC(C(=O)Nc1ccc(-c2nc3ccccc3[nH]2)cc1)N1C(=O)c2ccccc2C1=O. The molecular formula is C24H18N4O3. The number of nitrogens with one attached hydrogen (secondary N) is 2. The van der Waals surface area contributed by atoms with Crippen LogP contribution in [0.25, 0.3) is 22.4 Å². The van der Waals surface area contributed by atoms with Gasteiger partial charge >= 0.3 is 0 Å². The number of fused-ring (bicyclic) bond motifs is 2. The van der Waals surface area contributed by atoms with Gasteiger partial charge < -0.3 is 10.3 Å². The maximum atomic E-state index is 12.7. The molecule has 5 rings (SSSR count). The lowest BCUT2D eigenvalue weighted by atomic mass is 10.1. The number of hydrogen-bond donors (Lipinski definition) is 2. The van der Waals surface area contributed by atoms with E-state index >= 15 is 0 Å². The number of imidazole rings is 1. The van der Waals surface area contributed by atoms with Gasteiger partial charge in [0.15, 0.2) is 0 Å². The van der Waals surface area contributed by atoms with Crippen molar-refractivity contribution < 1.29 is 14.4 Å². The Morgan fingerprint density at radius 1 is 0.903 bits per heavy atom. The van der Waals surface area contributed by atoms with Gasteiger partial charge in [-0.1, -0.05) is 24.3 Å². The number of aromatic amines is 1. The molecule has 1 aliphatic rings. The summed E-state index contributed by atoms with van der Waals surface area (Å²) in [5, 5.41) is 2.78. The lowest BCUT2D eigenvalue weighted by Gasteiger charge is -2.21. The highest BCUT2D eigenvalue weighted by Crippen LogP contribution is 2.26. The third-order valence-corrected chi connectivity index (χ3v) is 5.41. The smallest absolute Gasteiger partial charge is 0.262 e. The molecular weight excluding hydrogens is 392 g/mol. The molecule has 7 nitrogen and oxygen atoms in total. The van der Waals surface area contributed by atoms with Crippen LogP contribution in [0.4, 0.5) is 5.69 Å². The molecule has 4 aromatic rings. The zero-order valence-electron chi connectivity index (χ0n) is 16.6. The molecule has 3 amide bonds. The lowest BCUT2D eigenvalue weighted by Crippen LogP contribution is -2.45. The molecule has 1 unspecified atom stereocenters. The first-order chi connectivity index (χ1) is 15.0. The van der Waals surface area contributed by atoms with Gasteiger partial charge in [-0.2, -0.15) is 0 Å². The number of nitrogens with zero attached hydrogens (tertiary/aromatic N) is 2. The zero-order valence-corrected chi connectivity index (χ0v) is 16.6. The summed E-state index contributed by atoms with van der Waals surface area (Å²) in [7, 11) is 0. The van der Waals surface area contributed by atoms with Gasteiger partial charge in [0.2, 0.25) is 5.91 Å². The van der Waals surface area contributed by atoms with Crippen molar-refractivity contribution >= 4 is 34.4 Å². The molecule has 2 heterocycles. The quantitative estimate of drug-likeness (QED) is 0.500. The monoisotopic (exact) mass is 410 g/mol. The number of aromatic nitrogens is 2. The molecule has 2 N–H and O–H groups in total. The Morgan fingerprint density at radius 3 is 2.16 bits per heavy atom. The Kier molecular flexibility index (Phi) is 4.36. The van der Waals surface area contributed by atoms with Crippen LogP contribution in [0.1, 0.15) is 27.6 Å². The third-order valence-electron chi connectivity index (χ3n) is 5.41. The molecule has 1 aliphatic heterocycles. The molecule has 1 atom stereocenters. The van der Waals surface area contributed by atoms with Gasteiger partial charge in [-0.25, -0.2) is 4.98 Å². The van der Waals surface area contributed by atoms with E-state index in [0.717, 1.165) is 27.3 Å². The zero-order chi connectivity index (χ0) is 21.5. The van der Waals surface area contributed by atoms with E-state index in [0.29, 0.717) is 16.8 Å². The van der Waals surface area contributed by atoms with E-state index in [1.54, 1.807) is 43.3 Å². The number of anilines is 1. The van der Waals surface area contributed by atoms with E-state index in [9.17, 15) is 14.4 Å². The number of imide groups is 1. The van der Waals surface area contributed by atoms with Crippen LogP contribution in [0.15, 0.2) is 72.8 Å². The average molecular weight is 410 g/mol. The molecule has 1 aromatic heterocycles. The van der Waals surface area contributed by atoms with Crippen molar-refractivity contribution in [3.63, 3.8) is 0 Å². The van der Waals surface area contributed by atoms with Gasteiger partial charge in [0.25, 0.3) is 11.8 Å². The molecule has 3 aromatic carbocycles. The Labute approximate surface area is 177 Å². The second kappa shape index (κ2) is 7.21. The predicted molar refractivity (Wildman–Crippen MR) is 117 cm³/mol. The Hall–Kier alpha value is -4.26. The first kappa shape index (κ1) is 18.7. The van der Waals surface area contributed by atoms with Gasteiger partial charge in [-0.15, -0.1) is 0 Å². The van der Waals surface area contributed by atoms with Crippen molar-refractivity contribution in [3.05, 3.63) is 83.9 Å². The number of carbonyl (C=O) groups is 3. The molecule has 7 heteroatoms. The van der Waals surface area contributed by atoms with Gasteiger partial charge in [0.1, 0.15) is 11.9 Å². The molecule has 0 bridgehead atoms. The first-order valence-electron chi connectivity index (χ1n) is 9.86. The molecule has 0 spiro atoms. The standard InChI is InChI=1S/C24H18N4O3/c1-14(28-23(30)17-6-2-3-7-18(17)24(28)31)22(29)25-16-12-10-15(11-13-16)21-26-19-8-4-5-9-20(19)27-21/h2-14H,1H3,(H,25,29)(H,26,27). The van der Waals surface area contributed by atoms with E-state index in [4.69, 9.17) is 0 Å². The highest BCUT2D eigenvalue weighted by molar-refractivity contribution is 6.23. The summed E-state index contributed by atoms with van der Waals surface area (Å²) in [4.78, 5) is 46.8. The fourth-order valence-electron chi connectivity index (χ4n) is 3.72. The number of benzene rings is 3. The summed E-state index contributed by atoms with van der Waals surface area (Å²) in [5.74, 6) is -0.614. The molecule has 0 saturated heterocycles. The molecule has 0 fully saturated rings. The summed E-state index contributed by atoms with van der Waals surface area (Å²) in [5.41, 5.74) is 3.91. The fourth-order valence-corrected chi connectivity index (χ4v) is 3.72. The van der Waals surface area contributed by atoms with Crippen molar-refractivity contribution in [1.82, 2.24) is 14.9 Å². The van der Waals surface area contributed by atoms with Crippen LogP contribution in [0, 0.1) is 0 Å².